The maximum Gasteiger partial charge on any atom is 0.114 e. The molecule has 146 valence electrons. The molecule has 0 amide bonds. The predicted molar refractivity (Wildman–Crippen MR) is 115 cm³/mol. The maximum atomic E-state index is 6.15. The maximum absolute atomic E-state index is 6.15. The van der Waals surface area contributed by atoms with E-state index in [0.29, 0.717) is 12.0 Å². The Labute approximate surface area is 171 Å². The second kappa shape index (κ2) is 7.86. The van der Waals surface area contributed by atoms with Gasteiger partial charge in [0, 0.05) is 43.2 Å². The number of nitrogens with one attached hydrogen (secondary N) is 1. The molecule has 1 N–H and O–H groups in total. The zero-order valence-corrected chi connectivity index (χ0v) is 16.9. The van der Waals surface area contributed by atoms with Crippen molar-refractivity contribution in [1.29, 1.82) is 0 Å². The van der Waals surface area contributed by atoms with Crippen LogP contribution >= 0.6 is 11.6 Å². The van der Waals surface area contributed by atoms with E-state index >= 15 is 0 Å². The highest BCUT2D eigenvalue weighted by molar-refractivity contribution is 6.30. The van der Waals surface area contributed by atoms with E-state index in [9.17, 15) is 0 Å². The van der Waals surface area contributed by atoms with Crippen LogP contribution in [0.1, 0.15) is 42.6 Å². The van der Waals surface area contributed by atoms with Crippen molar-refractivity contribution >= 4 is 22.6 Å². The van der Waals surface area contributed by atoms with E-state index < -0.39 is 0 Å². The molecule has 4 nitrogen and oxygen atoms in total. The SMILES string of the molecule is Clc1cccc(CN2CCC(n3c([C@@H]4CCNC4)nc4ccccc43)CC2)c1. The highest BCUT2D eigenvalue weighted by atomic mass is 35.5. The van der Waals surface area contributed by atoms with Crippen molar-refractivity contribution in [3.8, 4) is 0 Å². The van der Waals surface area contributed by atoms with E-state index in [1.54, 1.807) is 0 Å². The second-order valence-electron chi connectivity index (χ2n) is 8.16. The number of halogens is 1. The molecule has 3 aromatic rings. The lowest BCUT2D eigenvalue weighted by molar-refractivity contribution is 0.179. The molecular weight excluding hydrogens is 368 g/mol. The Bertz CT molecular complexity index is 952. The van der Waals surface area contributed by atoms with Gasteiger partial charge in [0.05, 0.1) is 11.0 Å². The van der Waals surface area contributed by atoms with E-state index in [1.165, 1.54) is 36.2 Å². The fourth-order valence-corrected chi connectivity index (χ4v) is 5.05. The average Bonchev–Trinajstić information content (AvgIpc) is 3.36. The molecule has 1 atom stereocenters. The summed E-state index contributed by atoms with van der Waals surface area (Å²) < 4.78 is 2.57. The molecule has 0 bridgehead atoms. The van der Waals surface area contributed by atoms with Crippen LogP contribution in [-0.4, -0.2) is 40.6 Å². The number of piperidine rings is 1. The molecule has 28 heavy (non-hydrogen) atoms. The van der Waals surface area contributed by atoms with Gasteiger partial charge in [-0.2, -0.15) is 0 Å². The zero-order valence-electron chi connectivity index (χ0n) is 16.1. The molecule has 1 aromatic heterocycles. The van der Waals surface area contributed by atoms with Gasteiger partial charge in [-0.15, -0.1) is 0 Å². The van der Waals surface area contributed by atoms with Gasteiger partial charge in [0.15, 0.2) is 0 Å². The highest BCUT2D eigenvalue weighted by Crippen LogP contribution is 2.34. The molecule has 0 radical (unpaired) electrons. The van der Waals surface area contributed by atoms with Crippen molar-refractivity contribution in [2.24, 2.45) is 0 Å². The number of hydrogen-bond donors (Lipinski definition) is 1. The monoisotopic (exact) mass is 394 g/mol. The molecule has 3 heterocycles. The molecule has 0 saturated carbocycles. The summed E-state index contributed by atoms with van der Waals surface area (Å²) in [6, 6.07) is 17.4. The summed E-state index contributed by atoms with van der Waals surface area (Å²) >= 11 is 6.15. The summed E-state index contributed by atoms with van der Waals surface area (Å²) in [5.74, 6) is 1.83. The molecular formula is C23H27ClN4. The number of benzene rings is 2. The molecule has 2 aliphatic heterocycles. The number of hydrogen-bond acceptors (Lipinski definition) is 3. The van der Waals surface area contributed by atoms with Gasteiger partial charge in [-0.3, -0.25) is 4.90 Å². The van der Waals surface area contributed by atoms with Crippen molar-refractivity contribution in [2.75, 3.05) is 26.2 Å². The van der Waals surface area contributed by atoms with Crippen LogP contribution < -0.4 is 5.32 Å². The van der Waals surface area contributed by atoms with E-state index in [1.807, 2.05) is 12.1 Å². The fourth-order valence-electron chi connectivity index (χ4n) is 4.84. The number of para-hydroxylation sites is 2. The number of imidazole rings is 1. The topological polar surface area (TPSA) is 33.1 Å². The molecule has 2 fully saturated rings. The molecule has 0 aliphatic carbocycles. The lowest BCUT2D eigenvalue weighted by Gasteiger charge is -2.34. The van der Waals surface area contributed by atoms with Gasteiger partial charge in [0.2, 0.25) is 0 Å². The quantitative estimate of drug-likeness (QED) is 0.701. The van der Waals surface area contributed by atoms with Gasteiger partial charge in [-0.1, -0.05) is 35.9 Å². The Hall–Kier alpha value is -1.88. The standard InChI is InChI=1S/C23H27ClN4/c24-19-5-3-4-17(14-19)16-27-12-9-20(10-13-27)28-22-7-2-1-6-21(22)26-23(28)18-8-11-25-15-18/h1-7,14,18,20,25H,8-13,15-16H2/t18-/m1/s1. The van der Waals surface area contributed by atoms with Crippen LogP contribution in [0.2, 0.25) is 5.02 Å². The third-order valence-corrected chi connectivity index (χ3v) is 6.50. The summed E-state index contributed by atoms with van der Waals surface area (Å²) in [5, 5.41) is 4.34. The summed E-state index contributed by atoms with van der Waals surface area (Å²) in [6.07, 6.45) is 3.54. The van der Waals surface area contributed by atoms with Crippen LogP contribution in [0.4, 0.5) is 0 Å². The fraction of sp³-hybridized carbons (Fsp3) is 0.435. The first-order chi connectivity index (χ1) is 13.8. The molecule has 5 heteroatoms. The first-order valence-electron chi connectivity index (χ1n) is 10.4. The molecule has 5 rings (SSSR count). The average molecular weight is 395 g/mol. The first-order valence-corrected chi connectivity index (χ1v) is 10.8. The smallest absolute Gasteiger partial charge is 0.114 e. The van der Waals surface area contributed by atoms with E-state index in [-0.39, 0.29) is 0 Å². The van der Waals surface area contributed by atoms with Crippen molar-refractivity contribution < 1.29 is 0 Å². The third kappa shape index (κ3) is 3.57. The number of aromatic nitrogens is 2. The Morgan fingerprint density at radius 3 is 2.68 bits per heavy atom. The van der Waals surface area contributed by atoms with Gasteiger partial charge in [0.1, 0.15) is 5.82 Å². The van der Waals surface area contributed by atoms with E-state index in [0.717, 1.165) is 43.3 Å². The lowest BCUT2D eigenvalue weighted by Crippen LogP contribution is -2.34. The lowest BCUT2D eigenvalue weighted by atomic mass is 10.0. The summed E-state index contributed by atoms with van der Waals surface area (Å²) in [5.41, 5.74) is 3.75. The summed E-state index contributed by atoms with van der Waals surface area (Å²) in [6.45, 7) is 5.37. The summed E-state index contributed by atoms with van der Waals surface area (Å²) in [4.78, 5) is 7.61. The van der Waals surface area contributed by atoms with Crippen LogP contribution in [0.25, 0.3) is 11.0 Å². The van der Waals surface area contributed by atoms with Crippen LogP contribution in [0.3, 0.4) is 0 Å². The predicted octanol–water partition coefficient (Wildman–Crippen LogP) is 4.60. The number of rotatable bonds is 4. The molecule has 0 unspecified atom stereocenters. The minimum atomic E-state index is 0.539. The van der Waals surface area contributed by atoms with Crippen LogP contribution in [0, 0.1) is 0 Å². The van der Waals surface area contributed by atoms with Gasteiger partial charge in [0.25, 0.3) is 0 Å². The third-order valence-electron chi connectivity index (χ3n) is 6.27. The number of fused-ring (bicyclic) bond motifs is 1. The van der Waals surface area contributed by atoms with Gasteiger partial charge >= 0.3 is 0 Å². The molecule has 0 spiro atoms. The number of likely N-dealkylation sites (tertiary alicyclic amines) is 1. The highest BCUT2D eigenvalue weighted by Gasteiger charge is 2.29. The summed E-state index contributed by atoms with van der Waals surface area (Å²) in [7, 11) is 0. The minimum absolute atomic E-state index is 0.539. The van der Waals surface area contributed by atoms with Crippen molar-refractivity contribution in [1.82, 2.24) is 19.8 Å². The van der Waals surface area contributed by atoms with Crippen LogP contribution in [0.15, 0.2) is 48.5 Å². The number of nitrogens with zero attached hydrogens (tertiary/aromatic N) is 3. The van der Waals surface area contributed by atoms with Gasteiger partial charge < -0.3 is 9.88 Å². The Morgan fingerprint density at radius 2 is 1.89 bits per heavy atom. The second-order valence-corrected chi connectivity index (χ2v) is 8.59. The normalized spacial score (nSPS) is 21.5. The molecule has 2 aromatic carbocycles. The van der Waals surface area contributed by atoms with Crippen LogP contribution in [0.5, 0.6) is 0 Å². The van der Waals surface area contributed by atoms with Crippen molar-refractivity contribution in [2.45, 2.75) is 37.8 Å². The van der Waals surface area contributed by atoms with Crippen molar-refractivity contribution in [3.05, 3.63) is 64.9 Å². The van der Waals surface area contributed by atoms with Gasteiger partial charge in [-0.05, 0) is 55.6 Å². The molecule has 2 aliphatic rings. The zero-order chi connectivity index (χ0) is 18.9. The first kappa shape index (κ1) is 18.2. The van der Waals surface area contributed by atoms with Crippen LogP contribution in [-0.2, 0) is 6.54 Å². The largest absolute Gasteiger partial charge is 0.324 e. The van der Waals surface area contributed by atoms with Crippen molar-refractivity contribution in [3.63, 3.8) is 0 Å². The van der Waals surface area contributed by atoms with E-state index in [4.69, 9.17) is 16.6 Å². The molecule has 2 saturated heterocycles. The Morgan fingerprint density at radius 1 is 1.04 bits per heavy atom. The Balaban J connectivity index is 1.36. The van der Waals surface area contributed by atoms with Gasteiger partial charge in [-0.25, -0.2) is 4.98 Å². The van der Waals surface area contributed by atoms with E-state index in [2.05, 4.69) is 51.2 Å². The Kier molecular flexibility index (Phi) is 5.10. The minimum Gasteiger partial charge on any atom is -0.324 e.